The fourth-order valence-electron chi connectivity index (χ4n) is 9.75. The van der Waals surface area contributed by atoms with Crippen LogP contribution < -0.4 is 5.73 Å². The third-order valence-corrected chi connectivity index (χ3v) is 11.9. The van der Waals surface area contributed by atoms with Gasteiger partial charge in [0.05, 0.1) is 17.7 Å². The number of hydrogen-bond acceptors (Lipinski definition) is 5. The van der Waals surface area contributed by atoms with Gasteiger partial charge in [0, 0.05) is 17.3 Å². The molecule has 0 aromatic heterocycles. The number of carbonyl (C=O) groups is 2. The molecular formula is C30H42N2O4. The number of allylic oxidation sites excluding steroid dienone is 3. The monoisotopic (exact) mass is 494 g/mol. The standard InChI is InChI=1S/C30H42N2O4/c1-17-19-7-8-28(5)22(27(19,4)14-18(16-31)24(17)34)13-21(33)23-20-15-26(2,3)9-11-30(20,36-25(32)35)12-10-29(23,28)6/h13-14,17,19-20,23-24,34H,7-12,15H2,1-6H3,(H2,32,35). The molecule has 0 radical (unpaired) electrons. The number of primary amides is 1. The third-order valence-electron chi connectivity index (χ3n) is 11.9. The Labute approximate surface area is 215 Å². The van der Waals surface area contributed by atoms with Gasteiger partial charge >= 0.3 is 6.09 Å². The van der Waals surface area contributed by atoms with Gasteiger partial charge in [-0.25, -0.2) is 4.79 Å². The van der Waals surface area contributed by atoms with Gasteiger partial charge in [-0.15, -0.1) is 0 Å². The maximum atomic E-state index is 14.3. The summed E-state index contributed by atoms with van der Waals surface area (Å²) in [7, 11) is 0. The molecule has 0 heterocycles. The first-order chi connectivity index (χ1) is 16.6. The zero-order valence-electron chi connectivity index (χ0n) is 22.7. The van der Waals surface area contributed by atoms with Gasteiger partial charge in [-0.1, -0.05) is 53.2 Å². The number of fused-ring (bicyclic) bond motifs is 7. The molecule has 0 aromatic rings. The number of carbonyl (C=O) groups excluding carboxylic acids is 2. The first-order valence-electron chi connectivity index (χ1n) is 13.7. The molecule has 6 heteroatoms. The van der Waals surface area contributed by atoms with Crippen molar-refractivity contribution >= 4 is 11.9 Å². The number of ether oxygens (including phenoxy) is 1. The summed E-state index contributed by atoms with van der Waals surface area (Å²) in [6.07, 6.45) is 8.25. The van der Waals surface area contributed by atoms with E-state index >= 15 is 0 Å². The van der Waals surface area contributed by atoms with Crippen LogP contribution in [0.2, 0.25) is 0 Å². The van der Waals surface area contributed by atoms with E-state index in [1.54, 1.807) is 0 Å². The molecule has 1 amide bonds. The molecule has 0 spiro atoms. The van der Waals surface area contributed by atoms with Crippen molar-refractivity contribution in [1.29, 1.82) is 5.26 Å². The highest BCUT2D eigenvalue weighted by molar-refractivity contribution is 5.95. The largest absolute Gasteiger partial charge is 0.443 e. The van der Waals surface area contributed by atoms with E-state index in [0.29, 0.717) is 12.0 Å². The normalized spacial score (nSPS) is 49.2. The minimum absolute atomic E-state index is 0.0529. The van der Waals surface area contributed by atoms with E-state index < -0.39 is 23.2 Å². The highest BCUT2D eigenvalue weighted by Crippen LogP contribution is 2.73. The molecule has 0 saturated heterocycles. The minimum atomic E-state index is -0.758. The maximum absolute atomic E-state index is 14.3. The summed E-state index contributed by atoms with van der Waals surface area (Å²) in [5, 5.41) is 20.6. The molecule has 5 aliphatic rings. The van der Waals surface area contributed by atoms with Gasteiger partial charge in [-0.3, -0.25) is 4.79 Å². The molecule has 36 heavy (non-hydrogen) atoms. The quantitative estimate of drug-likeness (QED) is 0.503. The highest BCUT2D eigenvalue weighted by atomic mass is 16.6. The molecule has 3 N–H and O–H groups in total. The van der Waals surface area contributed by atoms with E-state index in [4.69, 9.17) is 10.5 Å². The molecule has 9 atom stereocenters. The number of nitrogens with zero attached hydrogens (tertiary/aromatic N) is 1. The van der Waals surface area contributed by atoms with Crippen LogP contribution in [0.3, 0.4) is 0 Å². The molecule has 9 unspecified atom stereocenters. The average molecular weight is 495 g/mol. The van der Waals surface area contributed by atoms with Gasteiger partial charge in [-0.05, 0) is 79.1 Å². The van der Waals surface area contributed by atoms with Crippen molar-refractivity contribution in [2.75, 3.05) is 0 Å². The lowest BCUT2D eigenvalue weighted by molar-refractivity contribution is -0.194. The van der Waals surface area contributed by atoms with E-state index in [9.17, 15) is 20.0 Å². The van der Waals surface area contributed by atoms with Crippen LogP contribution in [0.4, 0.5) is 4.79 Å². The van der Waals surface area contributed by atoms with Gasteiger partial charge in [0.1, 0.15) is 5.60 Å². The van der Waals surface area contributed by atoms with Crippen LogP contribution in [0.15, 0.2) is 23.3 Å². The molecule has 0 aliphatic heterocycles. The predicted molar refractivity (Wildman–Crippen MR) is 136 cm³/mol. The van der Waals surface area contributed by atoms with Gasteiger partial charge in [0.2, 0.25) is 0 Å². The molecule has 5 rings (SSSR count). The number of nitriles is 1. The Bertz CT molecular complexity index is 1120. The molecule has 3 saturated carbocycles. The lowest BCUT2D eigenvalue weighted by Gasteiger charge is -2.68. The summed E-state index contributed by atoms with van der Waals surface area (Å²) in [4.78, 5) is 26.3. The Balaban J connectivity index is 1.67. The van der Waals surface area contributed by atoms with Crippen LogP contribution in [-0.4, -0.2) is 28.7 Å². The highest BCUT2D eigenvalue weighted by Gasteiger charge is 2.69. The summed E-state index contributed by atoms with van der Waals surface area (Å²) in [5.41, 5.74) is 5.51. The Morgan fingerprint density at radius 2 is 1.78 bits per heavy atom. The predicted octanol–water partition coefficient (Wildman–Crippen LogP) is 5.46. The Hall–Kier alpha value is -2.13. The van der Waals surface area contributed by atoms with Crippen molar-refractivity contribution in [3.05, 3.63) is 23.3 Å². The number of nitrogens with two attached hydrogens (primary N) is 1. The Morgan fingerprint density at radius 3 is 2.42 bits per heavy atom. The van der Waals surface area contributed by atoms with Crippen molar-refractivity contribution in [2.45, 2.75) is 98.2 Å². The van der Waals surface area contributed by atoms with Crippen molar-refractivity contribution in [3.8, 4) is 6.07 Å². The fraction of sp³-hybridized carbons (Fsp3) is 0.767. The average Bonchev–Trinajstić information content (AvgIpc) is 2.78. The SMILES string of the molecule is CC1C(O)C(C#N)=CC2(C)C3=CC(=O)C4C5CC(C)(C)CCC5(OC(N)=O)CCC4(C)C3(C)CCC12. The van der Waals surface area contributed by atoms with Crippen LogP contribution in [0.5, 0.6) is 0 Å². The van der Waals surface area contributed by atoms with Crippen molar-refractivity contribution in [3.63, 3.8) is 0 Å². The van der Waals surface area contributed by atoms with Crippen molar-refractivity contribution in [2.24, 2.45) is 51.1 Å². The van der Waals surface area contributed by atoms with Gasteiger partial charge in [0.25, 0.3) is 0 Å². The molecule has 6 nitrogen and oxygen atoms in total. The number of hydrogen-bond donors (Lipinski definition) is 2. The van der Waals surface area contributed by atoms with Crippen LogP contribution in [-0.2, 0) is 9.53 Å². The fourth-order valence-corrected chi connectivity index (χ4v) is 9.75. The summed E-state index contributed by atoms with van der Waals surface area (Å²) >= 11 is 0. The van der Waals surface area contributed by atoms with E-state index in [1.807, 2.05) is 19.1 Å². The number of amides is 1. The Morgan fingerprint density at radius 1 is 1.11 bits per heavy atom. The van der Waals surface area contributed by atoms with E-state index in [2.05, 4.69) is 40.7 Å². The van der Waals surface area contributed by atoms with Crippen molar-refractivity contribution in [1.82, 2.24) is 0 Å². The van der Waals surface area contributed by atoms with E-state index in [0.717, 1.165) is 44.1 Å². The number of ketones is 1. The van der Waals surface area contributed by atoms with Crippen LogP contribution >= 0.6 is 0 Å². The van der Waals surface area contributed by atoms with Crippen LogP contribution in [0.1, 0.15) is 86.5 Å². The minimum Gasteiger partial charge on any atom is -0.443 e. The second kappa shape index (κ2) is 7.69. The molecular weight excluding hydrogens is 452 g/mol. The van der Waals surface area contributed by atoms with Crippen molar-refractivity contribution < 1.29 is 19.4 Å². The van der Waals surface area contributed by atoms with Gasteiger partial charge in [0.15, 0.2) is 5.78 Å². The summed E-state index contributed by atoms with van der Waals surface area (Å²) in [6, 6.07) is 2.24. The van der Waals surface area contributed by atoms with Crippen LogP contribution in [0, 0.1) is 56.7 Å². The second-order valence-corrected chi connectivity index (χ2v) is 14.1. The second-order valence-electron chi connectivity index (χ2n) is 14.1. The summed E-state index contributed by atoms with van der Waals surface area (Å²) in [5.74, 6) is -0.0749. The molecule has 196 valence electrons. The maximum Gasteiger partial charge on any atom is 0.405 e. The van der Waals surface area contributed by atoms with Gasteiger partial charge < -0.3 is 15.6 Å². The zero-order chi connectivity index (χ0) is 26.5. The van der Waals surface area contributed by atoms with E-state index in [1.165, 1.54) is 0 Å². The topological polar surface area (TPSA) is 113 Å². The first kappa shape index (κ1) is 25.5. The Kier molecular flexibility index (Phi) is 5.45. The third kappa shape index (κ3) is 3.17. The molecule has 0 bridgehead atoms. The molecule has 3 fully saturated rings. The summed E-state index contributed by atoms with van der Waals surface area (Å²) in [6.45, 7) is 13.3. The number of rotatable bonds is 1. The number of aliphatic hydroxyl groups excluding tert-OH is 1. The first-order valence-corrected chi connectivity index (χ1v) is 13.7. The molecule has 5 aliphatic carbocycles. The lowest BCUT2D eigenvalue weighted by Crippen LogP contribution is -2.66. The van der Waals surface area contributed by atoms with E-state index in [-0.39, 0.29) is 45.7 Å². The van der Waals surface area contributed by atoms with Gasteiger partial charge in [-0.2, -0.15) is 5.26 Å². The summed E-state index contributed by atoms with van der Waals surface area (Å²) < 4.78 is 5.94. The zero-order valence-corrected chi connectivity index (χ0v) is 22.7. The lowest BCUT2D eigenvalue weighted by atomic mass is 9.36. The molecule has 0 aromatic carbocycles. The van der Waals surface area contributed by atoms with Crippen LogP contribution in [0.25, 0.3) is 0 Å². The number of aliphatic hydroxyl groups is 1. The smallest absolute Gasteiger partial charge is 0.405 e.